The second-order valence-electron chi connectivity index (χ2n) is 8.12. The van der Waals surface area contributed by atoms with Crippen molar-refractivity contribution >= 4 is 23.4 Å². The number of nitrogens with one attached hydrogen (secondary N) is 2. The lowest BCUT2D eigenvalue weighted by atomic mass is 9.96. The summed E-state index contributed by atoms with van der Waals surface area (Å²) in [6, 6.07) is 7.05. The molecule has 6 nitrogen and oxygen atoms in total. The zero-order valence-electron chi connectivity index (χ0n) is 15.6. The summed E-state index contributed by atoms with van der Waals surface area (Å²) in [6.07, 6.45) is 6.05. The van der Waals surface area contributed by atoms with Crippen molar-refractivity contribution in [2.24, 2.45) is 17.8 Å². The van der Waals surface area contributed by atoms with Gasteiger partial charge in [0.15, 0.2) is 0 Å². The Labute approximate surface area is 159 Å². The van der Waals surface area contributed by atoms with Gasteiger partial charge in [0.25, 0.3) is 5.91 Å². The van der Waals surface area contributed by atoms with Crippen molar-refractivity contribution in [1.82, 2.24) is 10.2 Å². The molecule has 1 atom stereocenters. The van der Waals surface area contributed by atoms with Gasteiger partial charge in [0, 0.05) is 36.8 Å². The lowest BCUT2D eigenvalue weighted by Gasteiger charge is -2.32. The van der Waals surface area contributed by atoms with E-state index in [-0.39, 0.29) is 29.6 Å². The molecule has 27 heavy (non-hydrogen) atoms. The van der Waals surface area contributed by atoms with E-state index in [1.165, 1.54) is 12.8 Å². The predicted octanol–water partition coefficient (Wildman–Crippen LogP) is 2.41. The molecule has 4 rings (SSSR count). The van der Waals surface area contributed by atoms with Crippen molar-refractivity contribution in [2.45, 2.75) is 38.5 Å². The van der Waals surface area contributed by atoms with Crippen LogP contribution in [-0.2, 0) is 9.59 Å². The zero-order valence-corrected chi connectivity index (χ0v) is 15.6. The number of piperidine rings is 1. The second-order valence-corrected chi connectivity index (χ2v) is 8.12. The smallest absolute Gasteiger partial charge is 0.253 e. The minimum Gasteiger partial charge on any atom is -0.356 e. The molecule has 0 bridgehead atoms. The van der Waals surface area contributed by atoms with Gasteiger partial charge in [0.1, 0.15) is 0 Å². The Bertz CT molecular complexity index is 723. The Kier molecular flexibility index (Phi) is 5.14. The van der Waals surface area contributed by atoms with E-state index in [9.17, 15) is 14.4 Å². The zero-order chi connectivity index (χ0) is 18.8. The summed E-state index contributed by atoms with van der Waals surface area (Å²) >= 11 is 0. The van der Waals surface area contributed by atoms with Crippen LogP contribution in [0.1, 0.15) is 48.9 Å². The maximum absolute atomic E-state index is 12.8. The fourth-order valence-corrected chi connectivity index (χ4v) is 3.56. The monoisotopic (exact) mass is 369 g/mol. The highest BCUT2D eigenvalue weighted by atomic mass is 16.2. The molecule has 1 aromatic carbocycles. The minimum absolute atomic E-state index is 0.0465. The molecule has 1 saturated heterocycles. The van der Waals surface area contributed by atoms with Crippen LogP contribution < -0.4 is 10.6 Å². The molecule has 2 aliphatic carbocycles. The Balaban J connectivity index is 1.32. The summed E-state index contributed by atoms with van der Waals surface area (Å²) in [5, 5.41) is 5.92. The molecule has 2 N–H and O–H groups in total. The number of rotatable bonds is 6. The van der Waals surface area contributed by atoms with E-state index in [1.54, 1.807) is 29.2 Å². The van der Waals surface area contributed by atoms with E-state index in [0.717, 1.165) is 37.9 Å². The summed E-state index contributed by atoms with van der Waals surface area (Å²) < 4.78 is 0. The highest BCUT2D eigenvalue weighted by Gasteiger charge is 2.31. The number of likely N-dealkylation sites (tertiary alicyclic amines) is 1. The Morgan fingerprint density at radius 3 is 2.33 bits per heavy atom. The van der Waals surface area contributed by atoms with Gasteiger partial charge in [-0.25, -0.2) is 0 Å². The number of hydrogen-bond donors (Lipinski definition) is 2. The fourth-order valence-electron chi connectivity index (χ4n) is 3.56. The van der Waals surface area contributed by atoms with E-state index in [4.69, 9.17) is 0 Å². The van der Waals surface area contributed by atoms with Gasteiger partial charge >= 0.3 is 0 Å². The van der Waals surface area contributed by atoms with Crippen LogP contribution in [-0.4, -0.2) is 42.3 Å². The molecule has 3 fully saturated rings. The van der Waals surface area contributed by atoms with Crippen molar-refractivity contribution in [2.75, 3.05) is 25.0 Å². The topological polar surface area (TPSA) is 78.5 Å². The normalized spacial score (nSPS) is 22.2. The van der Waals surface area contributed by atoms with Crippen LogP contribution in [0.4, 0.5) is 5.69 Å². The third kappa shape index (κ3) is 4.67. The number of nitrogens with zero attached hydrogens (tertiary/aromatic N) is 1. The number of hydrogen-bond acceptors (Lipinski definition) is 3. The lowest BCUT2D eigenvalue weighted by molar-refractivity contribution is -0.126. The average molecular weight is 369 g/mol. The first kappa shape index (κ1) is 18.0. The number of benzene rings is 1. The summed E-state index contributed by atoms with van der Waals surface area (Å²) in [5.41, 5.74) is 1.32. The van der Waals surface area contributed by atoms with Crippen molar-refractivity contribution in [3.05, 3.63) is 29.8 Å². The third-order valence-electron chi connectivity index (χ3n) is 5.69. The highest BCUT2D eigenvalue weighted by Crippen LogP contribution is 2.30. The summed E-state index contributed by atoms with van der Waals surface area (Å²) in [5.74, 6) is 0.799. The molecule has 0 spiro atoms. The Hall–Kier alpha value is -2.37. The molecule has 6 heteroatoms. The standard InChI is InChI=1S/C21H27N3O3/c25-19(22-12-14-3-4-14)17-2-1-11-24(13-17)21(27)16-7-9-18(10-8-16)23-20(26)15-5-6-15/h7-10,14-15,17H,1-6,11-13H2,(H,22,25)(H,23,26). The molecule has 1 aliphatic heterocycles. The van der Waals surface area contributed by atoms with Crippen LogP contribution in [0.15, 0.2) is 24.3 Å². The van der Waals surface area contributed by atoms with Crippen LogP contribution in [0.25, 0.3) is 0 Å². The first-order valence-electron chi connectivity index (χ1n) is 10.1. The van der Waals surface area contributed by atoms with Crippen LogP contribution in [0.3, 0.4) is 0 Å². The minimum atomic E-state index is -0.112. The van der Waals surface area contributed by atoms with E-state index in [1.807, 2.05) is 0 Å². The first-order chi connectivity index (χ1) is 13.1. The Morgan fingerprint density at radius 1 is 0.926 bits per heavy atom. The molecule has 1 aromatic rings. The van der Waals surface area contributed by atoms with E-state index < -0.39 is 0 Å². The van der Waals surface area contributed by atoms with Gasteiger partial charge in [0.2, 0.25) is 11.8 Å². The van der Waals surface area contributed by atoms with Gasteiger partial charge < -0.3 is 15.5 Å². The number of carbonyl (C=O) groups is 3. The Morgan fingerprint density at radius 2 is 1.67 bits per heavy atom. The van der Waals surface area contributed by atoms with Crippen molar-refractivity contribution in [3.63, 3.8) is 0 Å². The second kappa shape index (κ2) is 7.71. The molecule has 0 radical (unpaired) electrons. The van der Waals surface area contributed by atoms with Gasteiger partial charge in [-0.3, -0.25) is 14.4 Å². The van der Waals surface area contributed by atoms with E-state index >= 15 is 0 Å². The molecule has 0 aromatic heterocycles. The SMILES string of the molecule is O=C(NCC1CC1)C1CCCN(C(=O)c2ccc(NC(=O)C3CC3)cc2)C1. The number of anilines is 1. The van der Waals surface area contributed by atoms with Gasteiger partial charge in [-0.05, 0) is 68.7 Å². The molecule has 144 valence electrons. The van der Waals surface area contributed by atoms with Gasteiger partial charge in [-0.15, -0.1) is 0 Å². The van der Waals surface area contributed by atoms with Crippen LogP contribution in [0.2, 0.25) is 0 Å². The van der Waals surface area contributed by atoms with Crippen molar-refractivity contribution in [3.8, 4) is 0 Å². The third-order valence-corrected chi connectivity index (χ3v) is 5.69. The average Bonchev–Trinajstić information content (AvgIpc) is 3.59. The van der Waals surface area contributed by atoms with Gasteiger partial charge in [0.05, 0.1) is 5.92 Å². The van der Waals surface area contributed by atoms with Crippen molar-refractivity contribution in [1.29, 1.82) is 0 Å². The maximum Gasteiger partial charge on any atom is 0.253 e. The number of carbonyl (C=O) groups excluding carboxylic acids is 3. The molecular weight excluding hydrogens is 342 g/mol. The predicted molar refractivity (Wildman–Crippen MR) is 102 cm³/mol. The first-order valence-corrected chi connectivity index (χ1v) is 10.1. The number of amides is 3. The van der Waals surface area contributed by atoms with Gasteiger partial charge in [-0.2, -0.15) is 0 Å². The quantitative estimate of drug-likeness (QED) is 0.808. The maximum atomic E-state index is 12.8. The lowest BCUT2D eigenvalue weighted by Crippen LogP contribution is -2.45. The highest BCUT2D eigenvalue weighted by molar-refractivity contribution is 5.97. The van der Waals surface area contributed by atoms with E-state index in [0.29, 0.717) is 24.6 Å². The molecular formula is C21H27N3O3. The van der Waals surface area contributed by atoms with Crippen LogP contribution in [0.5, 0.6) is 0 Å². The molecule has 2 saturated carbocycles. The molecule has 1 unspecified atom stereocenters. The van der Waals surface area contributed by atoms with Crippen molar-refractivity contribution < 1.29 is 14.4 Å². The summed E-state index contributed by atoms with van der Waals surface area (Å²) in [6.45, 7) is 1.94. The van der Waals surface area contributed by atoms with Crippen LogP contribution in [0, 0.1) is 17.8 Å². The largest absolute Gasteiger partial charge is 0.356 e. The van der Waals surface area contributed by atoms with Crippen LogP contribution >= 0.6 is 0 Å². The molecule has 1 heterocycles. The summed E-state index contributed by atoms with van der Waals surface area (Å²) in [4.78, 5) is 38.8. The van der Waals surface area contributed by atoms with Gasteiger partial charge in [-0.1, -0.05) is 0 Å². The summed E-state index contributed by atoms with van der Waals surface area (Å²) in [7, 11) is 0. The fraction of sp³-hybridized carbons (Fsp3) is 0.571. The van der Waals surface area contributed by atoms with E-state index in [2.05, 4.69) is 10.6 Å². The molecule has 3 amide bonds. The molecule has 3 aliphatic rings.